The molecule has 2 aromatic carbocycles. The summed E-state index contributed by atoms with van der Waals surface area (Å²) in [5, 5.41) is 9.55. The van der Waals surface area contributed by atoms with Gasteiger partial charge in [-0.2, -0.15) is 0 Å². The van der Waals surface area contributed by atoms with E-state index in [0.29, 0.717) is 47.8 Å². The zero-order chi connectivity index (χ0) is 27.3. The summed E-state index contributed by atoms with van der Waals surface area (Å²) in [5.74, 6) is -1.18. The normalized spacial score (nSPS) is 22.2. The van der Waals surface area contributed by atoms with Crippen molar-refractivity contribution in [2.75, 3.05) is 0 Å². The fraction of sp³-hybridized carbons (Fsp3) is 0.323. The van der Waals surface area contributed by atoms with Crippen molar-refractivity contribution in [1.82, 2.24) is 9.55 Å². The number of carbonyl (C=O) groups is 2. The summed E-state index contributed by atoms with van der Waals surface area (Å²) in [6, 6.07) is 15.1. The molecule has 0 aliphatic heterocycles. The molecule has 6 rings (SSSR count). The maximum atomic E-state index is 14.7. The molecule has 0 saturated heterocycles. The molecule has 1 N–H and O–H groups in total. The van der Waals surface area contributed by atoms with Gasteiger partial charge in [-0.15, -0.1) is 0 Å². The van der Waals surface area contributed by atoms with Crippen LogP contribution in [-0.4, -0.2) is 26.4 Å². The summed E-state index contributed by atoms with van der Waals surface area (Å²) >= 11 is 0. The van der Waals surface area contributed by atoms with Crippen molar-refractivity contribution in [1.29, 1.82) is 0 Å². The van der Waals surface area contributed by atoms with Gasteiger partial charge in [-0.05, 0) is 84.0 Å². The molecular formula is C31H27F3N2O3. The maximum Gasteiger partial charge on any atom is 0.306 e. The van der Waals surface area contributed by atoms with Crippen LogP contribution >= 0.6 is 0 Å². The number of ketones is 1. The van der Waals surface area contributed by atoms with Gasteiger partial charge in [0, 0.05) is 36.3 Å². The highest BCUT2D eigenvalue weighted by Gasteiger charge is 2.54. The molecule has 0 unspecified atom stereocenters. The quantitative estimate of drug-likeness (QED) is 0.242. The number of rotatable bonds is 8. The van der Waals surface area contributed by atoms with E-state index in [1.165, 1.54) is 18.3 Å². The molecule has 2 heterocycles. The average molecular weight is 533 g/mol. The number of benzene rings is 2. The van der Waals surface area contributed by atoms with Crippen LogP contribution in [0.2, 0.25) is 0 Å². The molecule has 1 spiro atoms. The van der Waals surface area contributed by atoms with E-state index in [2.05, 4.69) is 4.98 Å². The minimum atomic E-state index is -2.64. The van der Waals surface area contributed by atoms with E-state index in [1.54, 1.807) is 24.4 Å². The van der Waals surface area contributed by atoms with Gasteiger partial charge in [0.1, 0.15) is 11.5 Å². The van der Waals surface area contributed by atoms with Gasteiger partial charge >= 0.3 is 5.97 Å². The number of alkyl halides is 2. The van der Waals surface area contributed by atoms with Crippen molar-refractivity contribution in [2.24, 2.45) is 17.3 Å². The number of aliphatic carboxylic acids is 1. The van der Waals surface area contributed by atoms with Crippen LogP contribution in [0.5, 0.6) is 0 Å². The fourth-order valence-corrected chi connectivity index (χ4v) is 6.57. The van der Waals surface area contributed by atoms with Gasteiger partial charge in [-0.1, -0.05) is 24.3 Å². The SMILES string of the molecule is O=C(CC1CC2(C1)CC(C(=O)O)C2)c1ccc(F)c2ccn(Cc3ccc(-c4ccnc(C(F)F)c4)cc3)c12. The highest BCUT2D eigenvalue weighted by atomic mass is 19.3. The molecule has 8 heteroatoms. The van der Waals surface area contributed by atoms with Crippen LogP contribution in [-0.2, 0) is 11.3 Å². The summed E-state index contributed by atoms with van der Waals surface area (Å²) in [6.45, 7) is 0.412. The average Bonchev–Trinajstić information content (AvgIpc) is 3.29. The van der Waals surface area contributed by atoms with Crippen molar-refractivity contribution >= 4 is 22.7 Å². The molecule has 4 aromatic rings. The molecule has 39 heavy (non-hydrogen) atoms. The Morgan fingerprint density at radius 2 is 1.74 bits per heavy atom. The molecule has 0 atom stereocenters. The van der Waals surface area contributed by atoms with Gasteiger partial charge in [0.05, 0.1) is 11.4 Å². The third-order valence-electron chi connectivity index (χ3n) is 8.44. The molecule has 5 nitrogen and oxygen atoms in total. The number of hydrogen-bond acceptors (Lipinski definition) is 3. The first-order chi connectivity index (χ1) is 18.7. The maximum absolute atomic E-state index is 14.7. The van der Waals surface area contributed by atoms with Crippen molar-refractivity contribution in [3.8, 4) is 11.1 Å². The topological polar surface area (TPSA) is 72.2 Å². The first kappa shape index (κ1) is 25.3. The second kappa shape index (κ2) is 9.67. The highest BCUT2D eigenvalue weighted by Crippen LogP contribution is 2.62. The Morgan fingerprint density at radius 1 is 1.00 bits per heavy atom. The van der Waals surface area contributed by atoms with E-state index in [9.17, 15) is 22.8 Å². The second-order valence-electron chi connectivity index (χ2n) is 11.1. The highest BCUT2D eigenvalue weighted by molar-refractivity contribution is 6.07. The molecule has 2 saturated carbocycles. The number of Topliss-reactive ketones (excluding diaryl/α,β-unsaturated/α-hetero) is 1. The number of nitrogens with zero attached hydrogens (tertiary/aromatic N) is 2. The molecule has 2 aromatic heterocycles. The van der Waals surface area contributed by atoms with Crippen LogP contribution in [0.15, 0.2) is 67.0 Å². The zero-order valence-corrected chi connectivity index (χ0v) is 21.1. The van der Waals surface area contributed by atoms with Crippen molar-refractivity contribution in [3.63, 3.8) is 0 Å². The monoisotopic (exact) mass is 532 g/mol. The van der Waals surface area contributed by atoms with Gasteiger partial charge in [0.15, 0.2) is 5.78 Å². The third kappa shape index (κ3) is 4.73. The number of carboxylic acids is 1. The number of halogens is 3. The van der Waals surface area contributed by atoms with Crippen molar-refractivity contribution < 1.29 is 27.9 Å². The lowest BCUT2D eigenvalue weighted by atomic mass is 9.47. The number of fused-ring (bicyclic) bond motifs is 1. The van der Waals surface area contributed by atoms with Gasteiger partial charge in [-0.25, -0.2) is 13.2 Å². The Hall–Kier alpha value is -3.94. The first-order valence-corrected chi connectivity index (χ1v) is 13.1. The Kier molecular flexibility index (Phi) is 6.28. The predicted molar refractivity (Wildman–Crippen MR) is 140 cm³/mol. The Balaban J connectivity index is 1.19. The Morgan fingerprint density at radius 3 is 2.44 bits per heavy atom. The third-order valence-corrected chi connectivity index (χ3v) is 8.44. The molecule has 0 bridgehead atoms. The minimum absolute atomic E-state index is 0.0308. The second-order valence-corrected chi connectivity index (χ2v) is 11.1. The van der Waals surface area contributed by atoms with E-state index in [-0.39, 0.29) is 34.5 Å². The largest absolute Gasteiger partial charge is 0.481 e. The lowest BCUT2D eigenvalue weighted by Gasteiger charge is -2.56. The molecular weight excluding hydrogens is 505 g/mol. The predicted octanol–water partition coefficient (Wildman–Crippen LogP) is 7.29. The summed E-state index contributed by atoms with van der Waals surface area (Å²) in [7, 11) is 0. The van der Waals surface area contributed by atoms with Gasteiger partial charge in [0.2, 0.25) is 0 Å². The van der Waals surface area contributed by atoms with Gasteiger partial charge < -0.3 is 9.67 Å². The molecule has 0 amide bonds. The Bertz CT molecular complexity index is 1560. The van der Waals surface area contributed by atoms with Crippen LogP contribution in [0.4, 0.5) is 13.2 Å². The van der Waals surface area contributed by atoms with Crippen LogP contribution in [0.1, 0.15) is 60.1 Å². The zero-order valence-electron chi connectivity index (χ0n) is 21.1. The lowest BCUT2D eigenvalue weighted by Crippen LogP contribution is -2.50. The van der Waals surface area contributed by atoms with Crippen LogP contribution in [0.25, 0.3) is 22.0 Å². The Labute approximate surface area is 223 Å². The number of carbonyl (C=O) groups excluding carboxylic acids is 1. The van der Waals surface area contributed by atoms with E-state index in [4.69, 9.17) is 5.11 Å². The molecule has 2 aliphatic carbocycles. The standard InChI is InChI=1S/C31H27F3N2O3/c32-25-6-5-24(27(37)11-19-13-31(14-19)15-22(16-31)30(38)39)28-23(25)8-10-36(28)17-18-1-3-20(4-2-18)21-7-9-35-26(12-21)29(33)34/h1-10,12,19,22,29H,11,13-17H2,(H,38,39). The van der Waals surface area contributed by atoms with E-state index in [1.807, 2.05) is 28.8 Å². The van der Waals surface area contributed by atoms with Gasteiger partial charge in [0.25, 0.3) is 6.43 Å². The van der Waals surface area contributed by atoms with Crippen LogP contribution in [0, 0.1) is 23.1 Å². The summed E-state index contributed by atoms with van der Waals surface area (Å²) in [5.41, 5.74) is 3.21. The van der Waals surface area contributed by atoms with Crippen molar-refractivity contribution in [3.05, 3.63) is 89.6 Å². The van der Waals surface area contributed by atoms with E-state index in [0.717, 1.165) is 24.0 Å². The number of aromatic nitrogens is 2. The lowest BCUT2D eigenvalue weighted by molar-refractivity contribution is -0.157. The van der Waals surface area contributed by atoms with Crippen molar-refractivity contribution in [2.45, 2.75) is 45.1 Å². The van der Waals surface area contributed by atoms with E-state index < -0.39 is 12.4 Å². The first-order valence-electron chi connectivity index (χ1n) is 13.1. The molecule has 2 aliphatic rings. The fourth-order valence-electron chi connectivity index (χ4n) is 6.57. The number of hydrogen-bond donors (Lipinski definition) is 1. The molecule has 0 radical (unpaired) electrons. The summed E-state index contributed by atoms with van der Waals surface area (Å²) in [6.07, 6.45) is 4.01. The summed E-state index contributed by atoms with van der Waals surface area (Å²) < 4.78 is 42.6. The number of pyridine rings is 1. The summed E-state index contributed by atoms with van der Waals surface area (Å²) in [4.78, 5) is 28.2. The van der Waals surface area contributed by atoms with E-state index >= 15 is 0 Å². The molecule has 200 valence electrons. The minimum Gasteiger partial charge on any atom is -0.481 e. The van der Waals surface area contributed by atoms with Crippen LogP contribution in [0.3, 0.4) is 0 Å². The molecule has 2 fully saturated rings. The number of carboxylic acid groups (broad SMARTS) is 1. The van der Waals surface area contributed by atoms with Crippen LogP contribution < -0.4 is 0 Å². The van der Waals surface area contributed by atoms with Gasteiger partial charge in [-0.3, -0.25) is 14.6 Å². The smallest absolute Gasteiger partial charge is 0.306 e.